The van der Waals surface area contributed by atoms with Gasteiger partial charge in [0.05, 0.1) is 4.90 Å². The van der Waals surface area contributed by atoms with Crippen molar-refractivity contribution in [1.82, 2.24) is 4.90 Å². The molecule has 19 heavy (non-hydrogen) atoms. The van der Waals surface area contributed by atoms with E-state index >= 15 is 0 Å². The summed E-state index contributed by atoms with van der Waals surface area (Å²) >= 11 is 0. The van der Waals surface area contributed by atoms with Crippen molar-refractivity contribution in [3.05, 3.63) is 29.8 Å². The molecule has 3 aliphatic heterocycles. The average Bonchev–Trinajstić information content (AvgIpc) is 2.40. The topological polar surface area (TPSA) is 57.6 Å². The van der Waals surface area contributed by atoms with E-state index in [1.54, 1.807) is 0 Å². The second-order valence-corrected chi connectivity index (χ2v) is 7.14. The maximum atomic E-state index is 11.0. The number of rotatable bonds is 3. The minimum absolute atomic E-state index is 0.0230. The van der Waals surface area contributed by atoms with Gasteiger partial charge in [0, 0.05) is 6.54 Å². The molecule has 0 aromatic heterocycles. The van der Waals surface area contributed by atoms with Crippen LogP contribution >= 0.6 is 0 Å². The Morgan fingerprint density at radius 1 is 1.16 bits per heavy atom. The monoisotopic (exact) mass is 281 g/mol. The van der Waals surface area contributed by atoms with Crippen LogP contribution in [-0.2, 0) is 16.5 Å². The number of piperidine rings is 3. The van der Waals surface area contributed by atoms with Crippen molar-refractivity contribution < 1.29 is 13.0 Å². The molecule has 4 nitrogen and oxygen atoms in total. The molecule has 0 radical (unpaired) electrons. The lowest BCUT2D eigenvalue weighted by Crippen LogP contribution is -2.48. The van der Waals surface area contributed by atoms with Crippen molar-refractivity contribution in [1.29, 1.82) is 0 Å². The van der Waals surface area contributed by atoms with Gasteiger partial charge in [-0.2, -0.15) is 8.42 Å². The van der Waals surface area contributed by atoms with Crippen molar-refractivity contribution in [3.8, 4) is 0 Å². The largest absolute Gasteiger partial charge is 0.303 e. The first kappa shape index (κ1) is 13.1. The van der Waals surface area contributed by atoms with Crippen LogP contribution in [0.2, 0.25) is 0 Å². The smallest absolute Gasteiger partial charge is 0.294 e. The Bertz CT molecular complexity index is 545. The molecular formula is C14H19NO3S. The number of hydrogen-bond donors (Lipinski definition) is 1. The van der Waals surface area contributed by atoms with Crippen LogP contribution in [0.1, 0.15) is 18.4 Å². The van der Waals surface area contributed by atoms with E-state index in [0.717, 1.165) is 17.9 Å². The molecule has 1 aromatic carbocycles. The molecule has 1 aromatic rings. The summed E-state index contributed by atoms with van der Waals surface area (Å²) in [6.45, 7) is 3.65. The van der Waals surface area contributed by atoms with Crippen molar-refractivity contribution in [2.24, 2.45) is 11.8 Å². The lowest BCUT2D eigenvalue weighted by Gasteiger charge is -2.45. The first-order valence-electron chi connectivity index (χ1n) is 6.81. The van der Waals surface area contributed by atoms with E-state index < -0.39 is 10.1 Å². The third kappa shape index (κ3) is 2.83. The van der Waals surface area contributed by atoms with Crippen LogP contribution < -0.4 is 0 Å². The summed E-state index contributed by atoms with van der Waals surface area (Å²) in [6, 6.07) is 6.62. The van der Waals surface area contributed by atoms with Crippen molar-refractivity contribution >= 4 is 10.1 Å². The highest BCUT2D eigenvalue weighted by atomic mass is 32.2. The van der Waals surface area contributed by atoms with Crippen LogP contribution in [0.25, 0.3) is 0 Å². The van der Waals surface area contributed by atoms with E-state index in [0.29, 0.717) is 5.92 Å². The molecule has 1 N–H and O–H groups in total. The van der Waals surface area contributed by atoms with E-state index in [9.17, 15) is 8.42 Å². The van der Waals surface area contributed by atoms with E-state index in [2.05, 4.69) is 4.90 Å². The highest BCUT2D eigenvalue weighted by Crippen LogP contribution is 2.34. The van der Waals surface area contributed by atoms with E-state index in [4.69, 9.17) is 4.55 Å². The summed E-state index contributed by atoms with van der Waals surface area (Å²) in [6.07, 6.45) is 3.61. The average molecular weight is 281 g/mol. The summed E-state index contributed by atoms with van der Waals surface area (Å²) in [4.78, 5) is 2.50. The summed E-state index contributed by atoms with van der Waals surface area (Å²) < 4.78 is 30.9. The second kappa shape index (κ2) is 4.89. The van der Waals surface area contributed by atoms with Crippen LogP contribution in [-0.4, -0.2) is 37.5 Å². The predicted octanol–water partition coefficient (Wildman–Crippen LogP) is 1.82. The summed E-state index contributed by atoms with van der Waals surface area (Å²) in [5.41, 5.74) is 1.16. The number of fused-ring (bicyclic) bond motifs is 3. The molecule has 3 heterocycles. The molecule has 0 spiro atoms. The molecule has 0 saturated carbocycles. The Hall–Kier alpha value is -0.910. The van der Waals surface area contributed by atoms with Gasteiger partial charge in [-0.05, 0) is 61.9 Å². The van der Waals surface area contributed by atoms with E-state index in [1.807, 2.05) is 12.1 Å². The van der Waals surface area contributed by atoms with Crippen LogP contribution in [0.5, 0.6) is 0 Å². The molecule has 1 unspecified atom stereocenters. The molecule has 104 valence electrons. The van der Waals surface area contributed by atoms with Crippen molar-refractivity contribution in [2.75, 3.05) is 19.6 Å². The third-order valence-electron chi connectivity index (χ3n) is 4.51. The highest BCUT2D eigenvalue weighted by molar-refractivity contribution is 7.85. The molecule has 4 rings (SSSR count). The molecule has 1 atom stereocenters. The molecule has 2 bridgehead atoms. The Kier molecular flexibility index (Phi) is 3.37. The number of hydrogen-bond acceptors (Lipinski definition) is 3. The van der Waals surface area contributed by atoms with Gasteiger partial charge in [-0.3, -0.25) is 4.55 Å². The van der Waals surface area contributed by atoms with Gasteiger partial charge >= 0.3 is 0 Å². The first-order chi connectivity index (χ1) is 9.02. The van der Waals surface area contributed by atoms with Crippen LogP contribution in [0.3, 0.4) is 0 Å². The minimum atomic E-state index is -4.07. The molecular weight excluding hydrogens is 262 g/mol. The number of nitrogens with zero attached hydrogens (tertiary/aromatic N) is 1. The summed E-state index contributed by atoms with van der Waals surface area (Å²) in [5.74, 6) is 1.52. The minimum Gasteiger partial charge on any atom is -0.303 e. The lowest BCUT2D eigenvalue weighted by atomic mass is 9.76. The van der Waals surface area contributed by atoms with Gasteiger partial charge in [-0.25, -0.2) is 0 Å². The summed E-state index contributed by atoms with van der Waals surface area (Å²) in [7, 11) is -4.07. The second-order valence-electron chi connectivity index (χ2n) is 5.72. The van der Waals surface area contributed by atoms with Gasteiger partial charge in [-0.15, -0.1) is 0 Å². The van der Waals surface area contributed by atoms with Crippen molar-refractivity contribution in [3.63, 3.8) is 0 Å². The summed E-state index contributed by atoms with van der Waals surface area (Å²) in [5, 5.41) is 0. The molecule has 0 aliphatic carbocycles. The normalized spacial score (nSPS) is 30.5. The Balaban J connectivity index is 1.70. The van der Waals surface area contributed by atoms with Crippen molar-refractivity contribution in [2.45, 2.75) is 24.2 Å². The zero-order valence-corrected chi connectivity index (χ0v) is 11.6. The van der Waals surface area contributed by atoms with Gasteiger partial charge in [-0.1, -0.05) is 12.1 Å². The highest BCUT2D eigenvalue weighted by Gasteiger charge is 2.33. The third-order valence-corrected chi connectivity index (χ3v) is 5.38. The first-order valence-corrected chi connectivity index (χ1v) is 8.25. The maximum absolute atomic E-state index is 11.0. The fourth-order valence-electron chi connectivity index (χ4n) is 3.42. The zero-order chi connectivity index (χ0) is 13.5. The Labute approximate surface area is 114 Å². The maximum Gasteiger partial charge on any atom is 0.294 e. The van der Waals surface area contributed by atoms with Crippen LogP contribution in [0.4, 0.5) is 0 Å². The molecule has 5 heteroatoms. The lowest BCUT2D eigenvalue weighted by molar-refractivity contribution is 0.0512. The van der Waals surface area contributed by atoms with Crippen LogP contribution in [0.15, 0.2) is 29.2 Å². The Morgan fingerprint density at radius 3 is 2.26 bits per heavy atom. The van der Waals surface area contributed by atoms with Gasteiger partial charge in [0.1, 0.15) is 0 Å². The van der Waals surface area contributed by atoms with Gasteiger partial charge in [0.2, 0.25) is 0 Å². The number of benzene rings is 1. The van der Waals surface area contributed by atoms with E-state index in [1.165, 1.54) is 44.6 Å². The quantitative estimate of drug-likeness (QED) is 0.859. The van der Waals surface area contributed by atoms with Gasteiger partial charge in [0.15, 0.2) is 0 Å². The standard InChI is InChI=1S/C14H19NO3S/c16-19(17,18)14-3-1-11(2-4-14)9-13-10-15-7-5-12(13)6-8-15/h1-4,12-13H,5-10H2,(H,16,17,18). The predicted molar refractivity (Wildman–Crippen MR) is 72.6 cm³/mol. The molecule has 3 aliphatic rings. The fraction of sp³-hybridized carbons (Fsp3) is 0.571. The van der Waals surface area contributed by atoms with E-state index in [-0.39, 0.29) is 4.90 Å². The molecule has 3 fully saturated rings. The zero-order valence-electron chi connectivity index (χ0n) is 10.8. The Morgan fingerprint density at radius 2 is 1.79 bits per heavy atom. The SMILES string of the molecule is O=S(=O)(O)c1ccc(CC2CN3CCC2CC3)cc1. The fourth-order valence-corrected chi connectivity index (χ4v) is 3.90. The van der Waals surface area contributed by atoms with Gasteiger partial charge < -0.3 is 4.90 Å². The molecule has 0 amide bonds. The molecule has 3 saturated heterocycles. The van der Waals surface area contributed by atoms with Gasteiger partial charge in [0.25, 0.3) is 10.1 Å². The van der Waals surface area contributed by atoms with Crippen LogP contribution in [0, 0.1) is 11.8 Å².